The van der Waals surface area contributed by atoms with Crippen molar-refractivity contribution in [1.82, 2.24) is 19.8 Å². The summed E-state index contributed by atoms with van der Waals surface area (Å²) in [5, 5.41) is 16.1. The monoisotopic (exact) mass is 308 g/mol. The average Bonchev–Trinajstić information content (AvgIpc) is 2.98. The number of fused-ring (bicyclic) bond motifs is 3. The minimum Gasteiger partial charge on any atom is -0.196 e. The van der Waals surface area contributed by atoms with Crippen LogP contribution >= 0.6 is 11.6 Å². The standard InChI is InChI=1S/C17H13ClN4/c1-2-15-19-20-17-14-6-4-3-5-13(14)16(21-22(15)17)11-7-9-12(18)10-8-11/h3-10H,2H2,1H3. The number of hydrogen-bond donors (Lipinski definition) is 0. The van der Waals surface area contributed by atoms with Gasteiger partial charge in [0.15, 0.2) is 11.5 Å². The lowest BCUT2D eigenvalue weighted by Crippen LogP contribution is -2.01. The van der Waals surface area contributed by atoms with E-state index in [0.717, 1.165) is 39.9 Å². The first kappa shape index (κ1) is 13.2. The molecule has 5 heteroatoms. The molecule has 0 fully saturated rings. The summed E-state index contributed by atoms with van der Waals surface area (Å²) in [5.41, 5.74) is 2.73. The van der Waals surface area contributed by atoms with Crippen LogP contribution in [0.15, 0.2) is 48.5 Å². The number of hydrogen-bond acceptors (Lipinski definition) is 3. The molecule has 2 aromatic carbocycles. The fourth-order valence-corrected chi connectivity index (χ4v) is 2.79. The molecule has 4 rings (SSSR count). The zero-order valence-corrected chi connectivity index (χ0v) is 12.7. The van der Waals surface area contributed by atoms with Crippen LogP contribution in [-0.2, 0) is 6.42 Å². The van der Waals surface area contributed by atoms with Crippen LogP contribution in [-0.4, -0.2) is 19.8 Å². The number of halogens is 1. The van der Waals surface area contributed by atoms with Crippen LogP contribution < -0.4 is 0 Å². The van der Waals surface area contributed by atoms with Gasteiger partial charge in [-0.05, 0) is 12.1 Å². The molecule has 2 aromatic heterocycles. The third kappa shape index (κ3) is 1.96. The van der Waals surface area contributed by atoms with E-state index in [4.69, 9.17) is 16.7 Å². The van der Waals surface area contributed by atoms with Crippen LogP contribution in [0.5, 0.6) is 0 Å². The van der Waals surface area contributed by atoms with Gasteiger partial charge in [0.2, 0.25) is 0 Å². The van der Waals surface area contributed by atoms with E-state index in [2.05, 4.69) is 29.3 Å². The molecule has 108 valence electrons. The molecule has 0 aliphatic rings. The molecule has 0 unspecified atom stereocenters. The first-order valence-electron chi connectivity index (χ1n) is 7.17. The lowest BCUT2D eigenvalue weighted by atomic mass is 10.1. The molecule has 0 atom stereocenters. The number of aromatic nitrogens is 4. The van der Waals surface area contributed by atoms with Crippen molar-refractivity contribution >= 4 is 28.0 Å². The van der Waals surface area contributed by atoms with Gasteiger partial charge in [0.1, 0.15) is 0 Å². The SMILES string of the molecule is CCc1nnc2c3ccccc3c(-c3ccc(Cl)cc3)nn12. The van der Waals surface area contributed by atoms with Gasteiger partial charge < -0.3 is 0 Å². The van der Waals surface area contributed by atoms with Crippen LogP contribution in [0.1, 0.15) is 12.7 Å². The molecular formula is C17H13ClN4. The van der Waals surface area contributed by atoms with Crippen molar-refractivity contribution < 1.29 is 0 Å². The Bertz CT molecular complexity index is 973. The summed E-state index contributed by atoms with van der Waals surface area (Å²) in [5.74, 6) is 0.857. The molecule has 4 aromatic rings. The number of rotatable bonds is 2. The van der Waals surface area contributed by atoms with Gasteiger partial charge in [-0.2, -0.15) is 9.61 Å². The lowest BCUT2D eigenvalue weighted by Gasteiger charge is -2.08. The number of nitrogens with zero attached hydrogens (tertiary/aromatic N) is 4. The molecule has 2 heterocycles. The van der Waals surface area contributed by atoms with Gasteiger partial charge in [-0.25, -0.2) is 0 Å². The van der Waals surface area contributed by atoms with Crippen LogP contribution in [0.2, 0.25) is 5.02 Å². The smallest absolute Gasteiger partial charge is 0.185 e. The quantitative estimate of drug-likeness (QED) is 0.558. The van der Waals surface area contributed by atoms with E-state index < -0.39 is 0 Å². The highest BCUT2D eigenvalue weighted by Gasteiger charge is 2.14. The zero-order chi connectivity index (χ0) is 15.1. The Labute approximate surface area is 132 Å². The van der Waals surface area contributed by atoms with E-state index in [1.165, 1.54) is 0 Å². The molecule has 0 bridgehead atoms. The summed E-state index contributed by atoms with van der Waals surface area (Å²) < 4.78 is 1.84. The van der Waals surface area contributed by atoms with Gasteiger partial charge >= 0.3 is 0 Å². The zero-order valence-electron chi connectivity index (χ0n) is 12.0. The van der Waals surface area contributed by atoms with Crippen molar-refractivity contribution in [2.45, 2.75) is 13.3 Å². The molecule has 4 nitrogen and oxygen atoms in total. The van der Waals surface area contributed by atoms with Gasteiger partial charge in [0.05, 0.1) is 5.69 Å². The highest BCUT2D eigenvalue weighted by molar-refractivity contribution is 6.30. The summed E-state index contributed by atoms with van der Waals surface area (Å²) in [6.07, 6.45) is 0.784. The summed E-state index contributed by atoms with van der Waals surface area (Å²) in [4.78, 5) is 0. The molecule has 0 aliphatic carbocycles. The Morgan fingerprint density at radius 3 is 2.41 bits per heavy atom. The summed E-state index contributed by atoms with van der Waals surface area (Å²) >= 11 is 6.00. The van der Waals surface area contributed by atoms with E-state index in [9.17, 15) is 0 Å². The predicted molar refractivity (Wildman–Crippen MR) is 88.1 cm³/mol. The van der Waals surface area contributed by atoms with E-state index in [0.29, 0.717) is 5.02 Å². The fraction of sp³-hybridized carbons (Fsp3) is 0.118. The minimum absolute atomic E-state index is 0.715. The topological polar surface area (TPSA) is 43.1 Å². The Morgan fingerprint density at radius 2 is 1.68 bits per heavy atom. The van der Waals surface area contributed by atoms with E-state index >= 15 is 0 Å². The molecule has 0 N–H and O–H groups in total. The Hall–Kier alpha value is -2.46. The van der Waals surface area contributed by atoms with Crippen molar-refractivity contribution in [2.24, 2.45) is 0 Å². The van der Waals surface area contributed by atoms with Crippen LogP contribution in [0.25, 0.3) is 27.7 Å². The second-order valence-electron chi connectivity index (χ2n) is 5.11. The van der Waals surface area contributed by atoms with E-state index in [1.807, 2.05) is 40.9 Å². The van der Waals surface area contributed by atoms with E-state index in [-0.39, 0.29) is 0 Å². The van der Waals surface area contributed by atoms with Gasteiger partial charge in [-0.15, -0.1) is 10.2 Å². The number of benzene rings is 2. The van der Waals surface area contributed by atoms with Gasteiger partial charge in [-0.3, -0.25) is 0 Å². The second-order valence-corrected chi connectivity index (χ2v) is 5.54. The Morgan fingerprint density at radius 1 is 0.955 bits per heavy atom. The highest BCUT2D eigenvalue weighted by Crippen LogP contribution is 2.29. The first-order chi connectivity index (χ1) is 10.8. The van der Waals surface area contributed by atoms with Crippen molar-refractivity contribution in [3.05, 3.63) is 59.4 Å². The Kier molecular flexibility index (Phi) is 3.05. The normalized spacial score (nSPS) is 11.4. The molecule has 0 amide bonds. The summed E-state index contributed by atoms with van der Waals surface area (Å²) in [6, 6.07) is 15.9. The predicted octanol–water partition coefficient (Wildman–Crippen LogP) is 4.16. The molecule has 0 saturated heterocycles. The van der Waals surface area contributed by atoms with Gasteiger partial charge in [-0.1, -0.05) is 54.9 Å². The van der Waals surface area contributed by atoms with Crippen LogP contribution in [0, 0.1) is 0 Å². The summed E-state index contributed by atoms with van der Waals surface area (Å²) in [6.45, 7) is 2.05. The molecule has 0 aliphatic heterocycles. The average molecular weight is 309 g/mol. The molecule has 0 saturated carbocycles. The summed E-state index contributed by atoms with van der Waals surface area (Å²) in [7, 11) is 0. The van der Waals surface area contributed by atoms with Gasteiger partial charge in [0.25, 0.3) is 0 Å². The third-order valence-corrected chi connectivity index (χ3v) is 4.01. The van der Waals surface area contributed by atoms with Crippen LogP contribution in [0.3, 0.4) is 0 Å². The molecule has 22 heavy (non-hydrogen) atoms. The van der Waals surface area contributed by atoms with Crippen molar-refractivity contribution in [1.29, 1.82) is 0 Å². The maximum absolute atomic E-state index is 6.00. The highest BCUT2D eigenvalue weighted by atomic mass is 35.5. The minimum atomic E-state index is 0.715. The number of aryl methyl sites for hydroxylation is 1. The molecule has 0 spiro atoms. The third-order valence-electron chi connectivity index (χ3n) is 3.76. The van der Waals surface area contributed by atoms with Crippen molar-refractivity contribution in [3.8, 4) is 11.3 Å². The largest absolute Gasteiger partial charge is 0.196 e. The fourth-order valence-electron chi connectivity index (χ4n) is 2.67. The Balaban J connectivity index is 2.12. The first-order valence-corrected chi connectivity index (χ1v) is 7.54. The molecule has 0 radical (unpaired) electrons. The lowest BCUT2D eigenvalue weighted by molar-refractivity contribution is 0.830. The maximum Gasteiger partial charge on any atom is 0.185 e. The van der Waals surface area contributed by atoms with Crippen LogP contribution in [0.4, 0.5) is 0 Å². The van der Waals surface area contributed by atoms with Gasteiger partial charge in [0, 0.05) is 27.8 Å². The van der Waals surface area contributed by atoms with Crippen molar-refractivity contribution in [2.75, 3.05) is 0 Å². The molecular weight excluding hydrogens is 296 g/mol. The van der Waals surface area contributed by atoms with E-state index in [1.54, 1.807) is 0 Å². The second kappa shape index (κ2) is 5.07. The maximum atomic E-state index is 6.00. The van der Waals surface area contributed by atoms with Crippen molar-refractivity contribution in [3.63, 3.8) is 0 Å².